The lowest BCUT2D eigenvalue weighted by Gasteiger charge is -2.24. The Bertz CT molecular complexity index is 528. The van der Waals surface area contributed by atoms with E-state index in [0.29, 0.717) is 0 Å². The summed E-state index contributed by atoms with van der Waals surface area (Å²) >= 11 is 0. The van der Waals surface area contributed by atoms with Crippen molar-refractivity contribution < 1.29 is 0 Å². The number of nitrogen functional groups attached to an aromatic ring is 1. The van der Waals surface area contributed by atoms with Crippen molar-refractivity contribution in [3.8, 4) is 11.1 Å². The maximum Gasteiger partial charge on any atom is 0.0395 e. The van der Waals surface area contributed by atoms with E-state index in [1.54, 1.807) is 0 Å². The van der Waals surface area contributed by atoms with Crippen molar-refractivity contribution in [2.45, 2.75) is 26.7 Å². The van der Waals surface area contributed by atoms with E-state index in [1.807, 2.05) is 12.1 Å². The Labute approximate surface area is 122 Å². The molecular formula is C18H24N2. The third kappa shape index (κ3) is 3.32. The molecule has 0 unspecified atom stereocenters. The Morgan fingerprint density at radius 1 is 0.900 bits per heavy atom. The van der Waals surface area contributed by atoms with E-state index < -0.39 is 0 Å². The third-order valence-electron chi connectivity index (χ3n) is 3.47. The van der Waals surface area contributed by atoms with Crippen LogP contribution in [0.15, 0.2) is 48.5 Å². The van der Waals surface area contributed by atoms with Gasteiger partial charge in [0.05, 0.1) is 0 Å². The minimum atomic E-state index is 0.841. The average Bonchev–Trinajstić information content (AvgIpc) is 2.48. The van der Waals surface area contributed by atoms with Crippen LogP contribution in [0.4, 0.5) is 11.4 Å². The molecule has 0 spiro atoms. The second-order valence-electron chi connectivity index (χ2n) is 5.12. The molecular weight excluding hydrogens is 244 g/mol. The van der Waals surface area contributed by atoms with Crippen molar-refractivity contribution in [1.82, 2.24) is 0 Å². The van der Waals surface area contributed by atoms with Gasteiger partial charge < -0.3 is 10.6 Å². The topological polar surface area (TPSA) is 29.3 Å². The first-order valence-corrected chi connectivity index (χ1v) is 7.46. The van der Waals surface area contributed by atoms with Gasteiger partial charge in [0.2, 0.25) is 0 Å². The monoisotopic (exact) mass is 268 g/mol. The van der Waals surface area contributed by atoms with E-state index in [9.17, 15) is 0 Å². The van der Waals surface area contributed by atoms with Crippen LogP contribution < -0.4 is 10.6 Å². The molecule has 0 aromatic heterocycles. The molecule has 0 bridgehead atoms. The number of hydrogen-bond donors (Lipinski definition) is 1. The van der Waals surface area contributed by atoms with Crippen LogP contribution >= 0.6 is 0 Å². The first-order valence-electron chi connectivity index (χ1n) is 7.46. The van der Waals surface area contributed by atoms with Gasteiger partial charge in [0, 0.05) is 30.0 Å². The zero-order valence-electron chi connectivity index (χ0n) is 12.5. The lowest BCUT2D eigenvalue weighted by atomic mass is 10.0. The van der Waals surface area contributed by atoms with Crippen LogP contribution in [0.1, 0.15) is 26.7 Å². The largest absolute Gasteiger partial charge is 0.398 e. The van der Waals surface area contributed by atoms with Gasteiger partial charge in [0.1, 0.15) is 0 Å². The summed E-state index contributed by atoms with van der Waals surface area (Å²) in [6.07, 6.45) is 2.32. The number of nitrogens with zero attached hydrogens (tertiary/aromatic N) is 1. The number of hydrogen-bond acceptors (Lipinski definition) is 2. The summed E-state index contributed by atoms with van der Waals surface area (Å²) in [4.78, 5) is 2.44. The van der Waals surface area contributed by atoms with E-state index in [0.717, 1.165) is 37.2 Å². The molecule has 2 heteroatoms. The molecule has 2 nitrogen and oxygen atoms in total. The molecule has 0 heterocycles. The predicted octanol–water partition coefficient (Wildman–Crippen LogP) is 4.56. The van der Waals surface area contributed by atoms with Gasteiger partial charge in [-0.2, -0.15) is 0 Å². The molecule has 0 aliphatic rings. The quantitative estimate of drug-likeness (QED) is 0.778. The molecule has 0 saturated heterocycles. The van der Waals surface area contributed by atoms with E-state index in [1.165, 1.54) is 11.3 Å². The molecule has 0 atom stereocenters. The highest BCUT2D eigenvalue weighted by Gasteiger charge is 2.08. The average molecular weight is 268 g/mol. The summed E-state index contributed by atoms with van der Waals surface area (Å²) < 4.78 is 0. The van der Waals surface area contributed by atoms with Crippen LogP contribution in [-0.2, 0) is 0 Å². The standard InChI is InChI=1S/C18H24N2/c1-3-12-20(13-4-2)16-10-11-18(19)17(14-16)15-8-6-5-7-9-15/h5-11,14H,3-4,12-13,19H2,1-2H3. The Hall–Kier alpha value is -1.96. The van der Waals surface area contributed by atoms with Crippen LogP contribution in [0, 0.1) is 0 Å². The zero-order valence-corrected chi connectivity index (χ0v) is 12.5. The second-order valence-corrected chi connectivity index (χ2v) is 5.12. The fourth-order valence-corrected chi connectivity index (χ4v) is 2.52. The SMILES string of the molecule is CCCN(CCC)c1ccc(N)c(-c2ccccc2)c1. The normalized spacial score (nSPS) is 10.5. The smallest absolute Gasteiger partial charge is 0.0395 e. The van der Waals surface area contributed by atoms with Gasteiger partial charge in [0.15, 0.2) is 0 Å². The highest BCUT2D eigenvalue weighted by Crippen LogP contribution is 2.30. The molecule has 2 rings (SSSR count). The number of nitrogens with two attached hydrogens (primary N) is 1. The van der Waals surface area contributed by atoms with Gasteiger partial charge in [-0.15, -0.1) is 0 Å². The van der Waals surface area contributed by atoms with Gasteiger partial charge in [-0.05, 0) is 36.6 Å². The Morgan fingerprint density at radius 3 is 2.15 bits per heavy atom. The first-order chi connectivity index (χ1) is 9.76. The lowest BCUT2D eigenvalue weighted by Crippen LogP contribution is -2.24. The first kappa shape index (κ1) is 14.4. The molecule has 0 aliphatic heterocycles. The fourth-order valence-electron chi connectivity index (χ4n) is 2.52. The molecule has 0 aliphatic carbocycles. The van der Waals surface area contributed by atoms with E-state index in [4.69, 9.17) is 5.73 Å². The van der Waals surface area contributed by atoms with Crippen molar-refractivity contribution >= 4 is 11.4 Å². The van der Waals surface area contributed by atoms with Crippen LogP contribution in [0.2, 0.25) is 0 Å². The van der Waals surface area contributed by atoms with Gasteiger partial charge >= 0.3 is 0 Å². The Morgan fingerprint density at radius 2 is 1.55 bits per heavy atom. The van der Waals surface area contributed by atoms with Gasteiger partial charge in [0.25, 0.3) is 0 Å². The van der Waals surface area contributed by atoms with Gasteiger partial charge in [-0.1, -0.05) is 44.2 Å². The summed E-state index contributed by atoms with van der Waals surface area (Å²) in [6.45, 7) is 6.62. The summed E-state index contributed by atoms with van der Waals surface area (Å²) in [5.74, 6) is 0. The van der Waals surface area contributed by atoms with Crippen LogP contribution in [0.3, 0.4) is 0 Å². The molecule has 2 aromatic carbocycles. The van der Waals surface area contributed by atoms with Gasteiger partial charge in [-0.25, -0.2) is 0 Å². The molecule has 20 heavy (non-hydrogen) atoms. The van der Waals surface area contributed by atoms with Crippen molar-refractivity contribution in [1.29, 1.82) is 0 Å². The predicted molar refractivity (Wildman–Crippen MR) is 89.1 cm³/mol. The molecule has 2 N–H and O–H groups in total. The summed E-state index contributed by atoms with van der Waals surface area (Å²) in [6, 6.07) is 16.7. The van der Waals surface area contributed by atoms with Crippen LogP contribution in [0.5, 0.6) is 0 Å². The third-order valence-corrected chi connectivity index (χ3v) is 3.47. The van der Waals surface area contributed by atoms with Crippen molar-refractivity contribution in [3.63, 3.8) is 0 Å². The molecule has 2 aromatic rings. The van der Waals surface area contributed by atoms with E-state index >= 15 is 0 Å². The minimum absolute atomic E-state index is 0.841. The molecule has 0 radical (unpaired) electrons. The van der Waals surface area contributed by atoms with Crippen molar-refractivity contribution in [2.24, 2.45) is 0 Å². The summed E-state index contributed by atoms with van der Waals surface area (Å²) in [5, 5.41) is 0. The van der Waals surface area contributed by atoms with Crippen LogP contribution in [0.25, 0.3) is 11.1 Å². The van der Waals surface area contributed by atoms with Crippen molar-refractivity contribution in [2.75, 3.05) is 23.7 Å². The number of benzene rings is 2. The molecule has 0 fully saturated rings. The number of anilines is 2. The second kappa shape index (κ2) is 6.99. The zero-order chi connectivity index (χ0) is 14.4. The van der Waals surface area contributed by atoms with Gasteiger partial charge in [-0.3, -0.25) is 0 Å². The van der Waals surface area contributed by atoms with E-state index in [2.05, 4.69) is 55.1 Å². The van der Waals surface area contributed by atoms with E-state index in [-0.39, 0.29) is 0 Å². The highest BCUT2D eigenvalue weighted by molar-refractivity contribution is 5.79. The Kier molecular flexibility index (Phi) is 5.05. The lowest BCUT2D eigenvalue weighted by molar-refractivity contribution is 0.745. The fraction of sp³-hybridized carbons (Fsp3) is 0.333. The van der Waals surface area contributed by atoms with Crippen LogP contribution in [-0.4, -0.2) is 13.1 Å². The summed E-state index contributed by atoms with van der Waals surface area (Å²) in [5.41, 5.74) is 10.6. The molecule has 0 saturated carbocycles. The maximum atomic E-state index is 6.15. The van der Waals surface area contributed by atoms with Crippen molar-refractivity contribution in [3.05, 3.63) is 48.5 Å². The molecule has 0 amide bonds. The minimum Gasteiger partial charge on any atom is -0.398 e. The highest BCUT2D eigenvalue weighted by atomic mass is 15.1. The molecule has 106 valence electrons. The Balaban J connectivity index is 2.37. The number of rotatable bonds is 6. The maximum absolute atomic E-state index is 6.15. The summed E-state index contributed by atoms with van der Waals surface area (Å²) in [7, 11) is 0.